The summed E-state index contributed by atoms with van der Waals surface area (Å²) in [4.78, 5) is 13.3. The smallest absolute Gasteiger partial charge is 0.194 e. The summed E-state index contributed by atoms with van der Waals surface area (Å²) in [5, 5.41) is 1.94. The molecule has 1 aromatic carbocycles. The first-order valence-corrected chi connectivity index (χ1v) is 6.53. The second kappa shape index (κ2) is 4.85. The fourth-order valence-corrected chi connectivity index (χ4v) is 2.76. The summed E-state index contributed by atoms with van der Waals surface area (Å²) in [5.41, 5.74) is 2.59. The molecule has 2 aromatic rings. The third-order valence-corrected chi connectivity index (χ3v) is 3.97. The number of rotatable bonds is 3. The zero-order valence-corrected chi connectivity index (χ0v) is 10.6. The molecule has 1 heterocycles. The van der Waals surface area contributed by atoms with Crippen molar-refractivity contribution in [3.63, 3.8) is 0 Å². The Kier molecular flexibility index (Phi) is 3.46. The van der Waals surface area contributed by atoms with Crippen LogP contribution in [-0.2, 0) is 5.75 Å². The van der Waals surface area contributed by atoms with Gasteiger partial charge in [-0.05, 0) is 23.9 Å². The second-order valence-corrected chi connectivity index (χ2v) is 4.88. The molecule has 0 saturated carbocycles. The van der Waals surface area contributed by atoms with Gasteiger partial charge in [0.1, 0.15) is 0 Å². The molecule has 0 saturated heterocycles. The molecule has 0 spiro atoms. The molecule has 0 atom stereocenters. The summed E-state index contributed by atoms with van der Waals surface area (Å²) in [7, 11) is 0. The molecule has 16 heavy (non-hydrogen) atoms. The Labute approximate surface area is 105 Å². The summed E-state index contributed by atoms with van der Waals surface area (Å²) in [6, 6.07) is 9.55. The lowest BCUT2D eigenvalue weighted by Crippen LogP contribution is -2.04. The van der Waals surface area contributed by atoms with E-state index in [0.717, 1.165) is 21.6 Å². The van der Waals surface area contributed by atoms with Crippen LogP contribution in [0.1, 0.15) is 26.4 Å². The molecule has 82 valence electrons. The lowest BCUT2D eigenvalue weighted by Gasteiger charge is -2.04. The number of thiophene rings is 1. The molecule has 2 rings (SSSR count). The zero-order valence-electron chi connectivity index (χ0n) is 8.93. The predicted octanol–water partition coefficient (Wildman–Crippen LogP) is 3.72. The third kappa shape index (κ3) is 2.06. The van der Waals surface area contributed by atoms with Gasteiger partial charge in [-0.1, -0.05) is 24.3 Å². The van der Waals surface area contributed by atoms with Crippen LogP contribution < -0.4 is 0 Å². The molecular weight excluding hydrogens is 236 g/mol. The van der Waals surface area contributed by atoms with Crippen LogP contribution in [0.15, 0.2) is 35.7 Å². The minimum Gasteiger partial charge on any atom is -0.289 e. The first-order valence-electron chi connectivity index (χ1n) is 5.01. The monoisotopic (exact) mass is 248 g/mol. The number of hydrogen-bond acceptors (Lipinski definition) is 3. The van der Waals surface area contributed by atoms with Crippen molar-refractivity contribution >= 4 is 29.7 Å². The van der Waals surface area contributed by atoms with E-state index in [4.69, 9.17) is 0 Å². The molecule has 0 aliphatic heterocycles. The Balaban J connectivity index is 2.44. The molecule has 1 nitrogen and oxygen atoms in total. The highest BCUT2D eigenvalue weighted by Crippen LogP contribution is 2.23. The number of benzene rings is 1. The van der Waals surface area contributed by atoms with Gasteiger partial charge < -0.3 is 0 Å². The molecule has 3 heteroatoms. The topological polar surface area (TPSA) is 17.1 Å². The Morgan fingerprint density at radius 2 is 2.00 bits per heavy atom. The van der Waals surface area contributed by atoms with Crippen LogP contribution >= 0.6 is 24.0 Å². The van der Waals surface area contributed by atoms with Crippen molar-refractivity contribution in [2.45, 2.75) is 12.7 Å². The molecule has 0 aliphatic rings. The highest BCUT2D eigenvalue weighted by Gasteiger charge is 2.15. The largest absolute Gasteiger partial charge is 0.289 e. The van der Waals surface area contributed by atoms with Crippen LogP contribution in [0.5, 0.6) is 0 Å². The van der Waals surface area contributed by atoms with Crippen molar-refractivity contribution in [1.29, 1.82) is 0 Å². The number of ketones is 1. The van der Waals surface area contributed by atoms with Gasteiger partial charge in [-0.25, -0.2) is 0 Å². The Morgan fingerprint density at radius 3 is 2.69 bits per heavy atom. The second-order valence-electron chi connectivity index (χ2n) is 3.56. The molecule has 0 amide bonds. The first-order chi connectivity index (χ1) is 7.74. The van der Waals surface area contributed by atoms with Crippen molar-refractivity contribution in [3.8, 4) is 0 Å². The highest BCUT2D eigenvalue weighted by atomic mass is 32.1. The highest BCUT2D eigenvalue weighted by molar-refractivity contribution is 7.79. The Hall–Kier alpha value is -1.06. The average molecular weight is 248 g/mol. The molecule has 0 unspecified atom stereocenters. The van der Waals surface area contributed by atoms with Gasteiger partial charge in [-0.3, -0.25) is 4.79 Å². The van der Waals surface area contributed by atoms with Crippen LogP contribution in [0.4, 0.5) is 0 Å². The van der Waals surface area contributed by atoms with E-state index in [1.807, 2.05) is 42.6 Å². The van der Waals surface area contributed by atoms with Gasteiger partial charge in [0.05, 0.1) is 0 Å². The van der Waals surface area contributed by atoms with Gasteiger partial charge in [-0.15, -0.1) is 11.3 Å². The first kappa shape index (κ1) is 11.4. The molecule has 0 bridgehead atoms. The molecule has 0 aliphatic carbocycles. The maximum atomic E-state index is 12.3. The third-order valence-electron chi connectivity index (χ3n) is 2.52. The number of hydrogen-bond donors (Lipinski definition) is 1. The minimum absolute atomic E-state index is 0.100. The summed E-state index contributed by atoms with van der Waals surface area (Å²) in [6.45, 7) is 1.96. The number of carbonyl (C=O) groups is 1. The van der Waals surface area contributed by atoms with E-state index in [2.05, 4.69) is 12.6 Å². The van der Waals surface area contributed by atoms with Crippen molar-refractivity contribution in [3.05, 3.63) is 57.3 Å². The maximum Gasteiger partial charge on any atom is 0.194 e. The van der Waals surface area contributed by atoms with E-state index in [0.29, 0.717) is 5.75 Å². The summed E-state index contributed by atoms with van der Waals surface area (Å²) < 4.78 is 0. The SMILES string of the molecule is Cc1ccccc1C(=O)c1ccsc1CS. The van der Waals surface area contributed by atoms with E-state index >= 15 is 0 Å². The van der Waals surface area contributed by atoms with Crippen molar-refractivity contribution in [2.75, 3.05) is 0 Å². The summed E-state index contributed by atoms with van der Waals surface area (Å²) in [6.07, 6.45) is 0. The van der Waals surface area contributed by atoms with Crippen LogP contribution in [-0.4, -0.2) is 5.78 Å². The Bertz CT molecular complexity index is 514. The maximum absolute atomic E-state index is 12.3. The zero-order chi connectivity index (χ0) is 11.5. The van der Waals surface area contributed by atoms with Gasteiger partial charge in [-0.2, -0.15) is 12.6 Å². The van der Waals surface area contributed by atoms with Crippen LogP contribution in [0.3, 0.4) is 0 Å². The average Bonchev–Trinajstić information content (AvgIpc) is 2.77. The van der Waals surface area contributed by atoms with Crippen molar-refractivity contribution < 1.29 is 4.79 Å². The van der Waals surface area contributed by atoms with Crippen molar-refractivity contribution in [1.82, 2.24) is 0 Å². The molecule has 0 N–H and O–H groups in total. The number of aryl methyl sites for hydroxylation is 1. The van der Waals surface area contributed by atoms with Gasteiger partial charge in [0, 0.05) is 21.8 Å². The van der Waals surface area contributed by atoms with Gasteiger partial charge in [0.15, 0.2) is 5.78 Å². The van der Waals surface area contributed by atoms with Gasteiger partial charge in [0.25, 0.3) is 0 Å². The standard InChI is InChI=1S/C13H12OS2/c1-9-4-2-3-5-10(9)13(14)11-6-7-16-12(11)8-15/h2-7,15H,8H2,1H3. The van der Waals surface area contributed by atoms with Gasteiger partial charge in [0.2, 0.25) is 0 Å². The molecule has 0 fully saturated rings. The van der Waals surface area contributed by atoms with Crippen LogP contribution in [0.2, 0.25) is 0 Å². The van der Waals surface area contributed by atoms with E-state index in [1.165, 1.54) is 0 Å². The lowest BCUT2D eigenvalue weighted by atomic mass is 10.00. The molecular formula is C13H12OS2. The quantitative estimate of drug-likeness (QED) is 0.647. The number of carbonyl (C=O) groups excluding carboxylic acids is 1. The van der Waals surface area contributed by atoms with Crippen molar-refractivity contribution in [2.24, 2.45) is 0 Å². The Morgan fingerprint density at radius 1 is 1.25 bits per heavy atom. The predicted molar refractivity (Wildman–Crippen MR) is 71.6 cm³/mol. The lowest BCUT2D eigenvalue weighted by molar-refractivity contribution is 0.103. The van der Waals surface area contributed by atoms with Gasteiger partial charge >= 0.3 is 0 Å². The fourth-order valence-electron chi connectivity index (χ4n) is 1.64. The molecule has 1 aromatic heterocycles. The minimum atomic E-state index is 0.100. The van der Waals surface area contributed by atoms with Crippen LogP contribution in [0, 0.1) is 6.92 Å². The van der Waals surface area contributed by atoms with Crippen LogP contribution in [0.25, 0.3) is 0 Å². The normalized spacial score (nSPS) is 10.4. The van der Waals surface area contributed by atoms with E-state index in [-0.39, 0.29) is 5.78 Å². The summed E-state index contributed by atoms with van der Waals surface area (Å²) in [5.74, 6) is 0.716. The van der Waals surface area contributed by atoms with E-state index in [9.17, 15) is 4.79 Å². The van der Waals surface area contributed by atoms with E-state index < -0.39 is 0 Å². The molecule has 0 radical (unpaired) electrons. The summed E-state index contributed by atoms with van der Waals surface area (Å²) >= 11 is 5.82. The number of thiol groups is 1. The fraction of sp³-hybridized carbons (Fsp3) is 0.154. The van der Waals surface area contributed by atoms with E-state index in [1.54, 1.807) is 11.3 Å².